The molecule has 0 spiro atoms. The fourth-order valence-corrected chi connectivity index (χ4v) is 1.23. The molecule has 0 amide bonds. The Balaban J connectivity index is 2.73. The number of ether oxygens (including phenoxy) is 1. The fourth-order valence-electron chi connectivity index (χ4n) is 1.23. The molecule has 1 aromatic carbocycles. The highest BCUT2D eigenvalue weighted by Crippen LogP contribution is 2.15. The number of hydrogen-bond donors (Lipinski definition) is 0. The van der Waals surface area contributed by atoms with Crippen LogP contribution in [0.4, 0.5) is 5.69 Å². The lowest BCUT2D eigenvalue weighted by molar-refractivity contribution is -0.384. The Morgan fingerprint density at radius 1 is 1.16 bits per heavy atom. The van der Waals surface area contributed by atoms with Crippen molar-refractivity contribution < 1.29 is 19.2 Å². The van der Waals surface area contributed by atoms with Crippen LogP contribution in [0.2, 0.25) is 0 Å². The highest BCUT2D eigenvalue weighted by Gasteiger charge is 2.22. The summed E-state index contributed by atoms with van der Waals surface area (Å²) in [6.07, 6.45) is 0. The van der Waals surface area contributed by atoms with Crippen LogP contribution in [0, 0.1) is 22.0 Å². The summed E-state index contributed by atoms with van der Waals surface area (Å²) in [5, 5.41) is 10.5. The van der Waals surface area contributed by atoms with Crippen molar-refractivity contribution in [2.45, 2.75) is 20.8 Å². The first-order valence-corrected chi connectivity index (χ1v) is 5.83. The Labute approximate surface area is 110 Å². The summed E-state index contributed by atoms with van der Waals surface area (Å²) < 4.78 is 4.71. The first-order chi connectivity index (χ1) is 8.82. The lowest BCUT2D eigenvalue weighted by Crippen LogP contribution is -2.22. The van der Waals surface area contributed by atoms with Gasteiger partial charge in [-0.3, -0.25) is 14.9 Å². The zero-order chi connectivity index (χ0) is 14.6. The van der Waals surface area contributed by atoms with E-state index in [2.05, 4.69) is 0 Å². The van der Waals surface area contributed by atoms with E-state index >= 15 is 0 Å². The van der Waals surface area contributed by atoms with Gasteiger partial charge in [0, 0.05) is 12.1 Å². The van der Waals surface area contributed by atoms with Gasteiger partial charge in [-0.15, -0.1) is 0 Å². The molecule has 0 fully saturated rings. The Kier molecular flexibility index (Phi) is 4.74. The number of esters is 2. The van der Waals surface area contributed by atoms with E-state index in [-0.39, 0.29) is 23.1 Å². The number of rotatable bonds is 4. The fraction of sp³-hybridized carbons (Fsp3) is 0.385. The minimum Gasteiger partial charge on any atom is -0.389 e. The third-order valence-electron chi connectivity index (χ3n) is 2.88. The predicted molar refractivity (Wildman–Crippen MR) is 67.5 cm³/mol. The van der Waals surface area contributed by atoms with Gasteiger partial charge in [0.2, 0.25) is 0 Å². The molecule has 1 unspecified atom stereocenters. The van der Waals surface area contributed by atoms with Crippen molar-refractivity contribution in [3.63, 3.8) is 0 Å². The highest BCUT2D eigenvalue weighted by atomic mass is 16.6. The second-order valence-corrected chi connectivity index (χ2v) is 4.55. The van der Waals surface area contributed by atoms with Gasteiger partial charge < -0.3 is 4.74 Å². The van der Waals surface area contributed by atoms with Gasteiger partial charge in [-0.05, 0) is 18.1 Å². The minimum atomic E-state index is -0.799. The van der Waals surface area contributed by atoms with Crippen LogP contribution in [-0.4, -0.2) is 16.9 Å². The molecular weight excluding hydrogens is 250 g/mol. The molecule has 0 aromatic heterocycles. The summed E-state index contributed by atoms with van der Waals surface area (Å²) in [7, 11) is 0. The normalized spacial score (nSPS) is 12.0. The average molecular weight is 265 g/mol. The van der Waals surface area contributed by atoms with Crippen molar-refractivity contribution in [2.24, 2.45) is 11.8 Å². The van der Waals surface area contributed by atoms with Crippen LogP contribution < -0.4 is 0 Å². The van der Waals surface area contributed by atoms with E-state index in [9.17, 15) is 19.7 Å². The molecule has 0 saturated carbocycles. The summed E-state index contributed by atoms with van der Waals surface area (Å²) in [6.45, 7) is 5.38. The average Bonchev–Trinajstić information content (AvgIpc) is 2.37. The molecule has 0 bridgehead atoms. The van der Waals surface area contributed by atoms with Gasteiger partial charge in [-0.2, -0.15) is 0 Å². The van der Waals surface area contributed by atoms with Crippen LogP contribution in [0.5, 0.6) is 0 Å². The predicted octanol–water partition coefficient (Wildman–Crippen LogP) is 2.57. The SMILES string of the molecule is CC(C)C(C)C(=O)OC(=O)c1ccc([N+](=O)[O-])cc1. The van der Waals surface area contributed by atoms with Gasteiger partial charge in [-0.1, -0.05) is 20.8 Å². The van der Waals surface area contributed by atoms with Crippen molar-refractivity contribution in [2.75, 3.05) is 0 Å². The number of carbonyl (C=O) groups excluding carboxylic acids is 2. The van der Waals surface area contributed by atoms with Crippen molar-refractivity contribution >= 4 is 17.6 Å². The maximum Gasteiger partial charge on any atom is 0.345 e. The first-order valence-electron chi connectivity index (χ1n) is 5.83. The molecule has 6 heteroatoms. The number of hydrogen-bond acceptors (Lipinski definition) is 5. The van der Waals surface area contributed by atoms with Crippen LogP contribution in [-0.2, 0) is 9.53 Å². The monoisotopic (exact) mass is 265 g/mol. The third-order valence-corrected chi connectivity index (χ3v) is 2.88. The second kappa shape index (κ2) is 6.08. The van der Waals surface area contributed by atoms with Crippen LogP contribution >= 0.6 is 0 Å². The molecule has 0 aliphatic heterocycles. The molecule has 1 rings (SSSR count). The minimum absolute atomic E-state index is 0.0668. The van der Waals surface area contributed by atoms with E-state index in [1.807, 2.05) is 13.8 Å². The van der Waals surface area contributed by atoms with Crippen molar-refractivity contribution in [1.29, 1.82) is 0 Å². The van der Waals surface area contributed by atoms with Gasteiger partial charge in [0.1, 0.15) is 0 Å². The summed E-state index contributed by atoms with van der Waals surface area (Å²) in [4.78, 5) is 33.1. The summed E-state index contributed by atoms with van der Waals surface area (Å²) >= 11 is 0. The van der Waals surface area contributed by atoms with Gasteiger partial charge >= 0.3 is 11.9 Å². The van der Waals surface area contributed by atoms with E-state index < -0.39 is 16.9 Å². The molecule has 0 radical (unpaired) electrons. The molecule has 1 aromatic rings. The zero-order valence-corrected chi connectivity index (χ0v) is 11.0. The number of carbonyl (C=O) groups is 2. The Morgan fingerprint density at radius 3 is 2.11 bits per heavy atom. The van der Waals surface area contributed by atoms with E-state index in [1.54, 1.807) is 6.92 Å². The van der Waals surface area contributed by atoms with Crippen LogP contribution in [0.15, 0.2) is 24.3 Å². The molecule has 0 heterocycles. The third kappa shape index (κ3) is 3.87. The zero-order valence-electron chi connectivity index (χ0n) is 11.0. The van der Waals surface area contributed by atoms with E-state index in [1.165, 1.54) is 24.3 Å². The number of nitro groups is 1. The Bertz CT molecular complexity index is 492. The van der Waals surface area contributed by atoms with E-state index in [4.69, 9.17) is 4.74 Å². The van der Waals surface area contributed by atoms with Crippen LogP contribution in [0.1, 0.15) is 31.1 Å². The molecule has 0 saturated heterocycles. The second-order valence-electron chi connectivity index (χ2n) is 4.55. The van der Waals surface area contributed by atoms with Crippen molar-refractivity contribution in [3.8, 4) is 0 Å². The quantitative estimate of drug-likeness (QED) is 0.361. The molecule has 6 nitrogen and oxygen atoms in total. The maximum atomic E-state index is 11.7. The summed E-state index contributed by atoms with van der Waals surface area (Å²) in [5.41, 5.74) is -0.0201. The summed E-state index contributed by atoms with van der Waals surface area (Å²) in [6, 6.07) is 4.89. The van der Waals surface area contributed by atoms with Crippen molar-refractivity contribution in [3.05, 3.63) is 39.9 Å². The van der Waals surface area contributed by atoms with Crippen molar-refractivity contribution in [1.82, 2.24) is 0 Å². The number of nitro benzene ring substituents is 1. The number of non-ortho nitro benzene ring substituents is 1. The largest absolute Gasteiger partial charge is 0.389 e. The molecule has 0 N–H and O–H groups in total. The van der Waals surface area contributed by atoms with E-state index in [0.717, 1.165) is 0 Å². The lowest BCUT2D eigenvalue weighted by atomic mass is 9.99. The lowest BCUT2D eigenvalue weighted by Gasteiger charge is -2.13. The van der Waals surface area contributed by atoms with Crippen LogP contribution in [0.25, 0.3) is 0 Å². The number of benzene rings is 1. The molecule has 0 aliphatic rings. The van der Waals surface area contributed by atoms with Gasteiger partial charge in [0.25, 0.3) is 5.69 Å². The van der Waals surface area contributed by atoms with Gasteiger partial charge in [0.05, 0.1) is 16.4 Å². The first kappa shape index (κ1) is 14.8. The topological polar surface area (TPSA) is 86.5 Å². The smallest absolute Gasteiger partial charge is 0.345 e. The Hall–Kier alpha value is -2.24. The van der Waals surface area contributed by atoms with Gasteiger partial charge in [0.15, 0.2) is 0 Å². The highest BCUT2D eigenvalue weighted by molar-refractivity contribution is 5.97. The van der Waals surface area contributed by atoms with Gasteiger partial charge in [-0.25, -0.2) is 4.79 Å². The summed E-state index contributed by atoms with van der Waals surface area (Å²) in [5.74, 6) is -1.72. The molecule has 102 valence electrons. The maximum absolute atomic E-state index is 11.7. The van der Waals surface area contributed by atoms with E-state index in [0.29, 0.717) is 0 Å². The molecule has 19 heavy (non-hydrogen) atoms. The number of nitrogens with zero attached hydrogens (tertiary/aromatic N) is 1. The molecule has 1 atom stereocenters. The molecule has 0 aliphatic carbocycles. The Morgan fingerprint density at radius 2 is 1.68 bits per heavy atom. The van der Waals surface area contributed by atoms with Crippen LogP contribution in [0.3, 0.4) is 0 Å². The standard InChI is InChI=1S/C13H15NO5/c1-8(2)9(3)12(15)19-13(16)10-4-6-11(7-5-10)14(17)18/h4-9H,1-3H3. The molecular formula is C13H15NO5.